The summed E-state index contributed by atoms with van der Waals surface area (Å²) in [7, 11) is 1.33. The molecule has 3 aliphatic rings. The van der Waals surface area contributed by atoms with Gasteiger partial charge in [-0.15, -0.1) is 0 Å². The molecule has 4 atom stereocenters. The van der Waals surface area contributed by atoms with Crippen molar-refractivity contribution in [2.45, 2.75) is 12.2 Å². The van der Waals surface area contributed by atoms with Crippen molar-refractivity contribution in [3.8, 4) is 0 Å². The normalized spacial score (nSPS) is 43.9. The first-order chi connectivity index (χ1) is 6.74. The van der Waals surface area contributed by atoms with Crippen molar-refractivity contribution in [2.75, 3.05) is 7.11 Å². The number of hydrogen-bond acceptors (Lipinski definition) is 4. The Morgan fingerprint density at radius 1 is 1.21 bits per heavy atom. The van der Waals surface area contributed by atoms with Crippen LogP contribution in [-0.4, -0.2) is 36.2 Å². The smallest absolute Gasteiger partial charge is 0.260 e. The van der Waals surface area contributed by atoms with Gasteiger partial charge in [0.1, 0.15) is 0 Å². The fraction of sp³-hybridized carbons (Fsp3) is 0.556. The standard InChI is InChI=1S/C9H9NO4/c1-13-10-8(11)6-4-2-3-5(14-4)7(6)9(10)12/h2-7H,1H3/t4-,5-,6+,7+/m1/s1. The molecule has 5 nitrogen and oxygen atoms in total. The fourth-order valence-electron chi connectivity index (χ4n) is 2.46. The van der Waals surface area contributed by atoms with Gasteiger partial charge in [0.05, 0.1) is 31.2 Å². The molecule has 0 aromatic carbocycles. The van der Waals surface area contributed by atoms with Crippen LogP contribution >= 0.6 is 0 Å². The Hall–Kier alpha value is -1.20. The van der Waals surface area contributed by atoms with Crippen molar-refractivity contribution in [1.82, 2.24) is 5.06 Å². The molecular weight excluding hydrogens is 186 g/mol. The maximum atomic E-state index is 11.7. The summed E-state index contributed by atoms with van der Waals surface area (Å²) < 4.78 is 5.44. The Kier molecular flexibility index (Phi) is 1.41. The Bertz CT molecular complexity index is 321. The second-order valence-electron chi connectivity index (χ2n) is 3.66. The van der Waals surface area contributed by atoms with Crippen LogP contribution in [0.1, 0.15) is 0 Å². The first kappa shape index (κ1) is 8.14. The van der Waals surface area contributed by atoms with Crippen molar-refractivity contribution in [3.63, 3.8) is 0 Å². The Balaban J connectivity index is 2.02. The third-order valence-corrected chi connectivity index (χ3v) is 3.05. The topological polar surface area (TPSA) is 55.8 Å². The van der Waals surface area contributed by atoms with Crippen LogP contribution < -0.4 is 0 Å². The molecule has 14 heavy (non-hydrogen) atoms. The summed E-state index contributed by atoms with van der Waals surface area (Å²) in [6.45, 7) is 0. The number of amides is 2. The fourth-order valence-corrected chi connectivity index (χ4v) is 2.46. The molecule has 3 rings (SSSR count). The van der Waals surface area contributed by atoms with E-state index in [4.69, 9.17) is 9.57 Å². The number of imide groups is 1. The molecule has 0 N–H and O–H groups in total. The number of fused-ring (bicyclic) bond motifs is 5. The second-order valence-corrected chi connectivity index (χ2v) is 3.66. The van der Waals surface area contributed by atoms with E-state index in [1.165, 1.54) is 7.11 Å². The van der Waals surface area contributed by atoms with Gasteiger partial charge in [0.25, 0.3) is 11.8 Å². The zero-order valence-electron chi connectivity index (χ0n) is 7.54. The number of hydrogen-bond donors (Lipinski definition) is 0. The lowest BCUT2D eigenvalue weighted by Gasteiger charge is -2.13. The van der Waals surface area contributed by atoms with Gasteiger partial charge < -0.3 is 4.74 Å². The Labute approximate surface area is 80.2 Å². The molecule has 0 spiro atoms. The first-order valence-corrected chi connectivity index (χ1v) is 4.50. The highest BCUT2D eigenvalue weighted by Gasteiger charge is 2.61. The van der Waals surface area contributed by atoms with Crippen LogP contribution in [0.2, 0.25) is 0 Å². The lowest BCUT2D eigenvalue weighted by atomic mass is 9.85. The van der Waals surface area contributed by atoms with E-state index in [-0.39, 0.29) is 35.9 Å². The van der Waals surface area contributed by atoms with Crippen molar-refractivity contribution < 1.29 is 19.2 Å². The number of ether oxygens (including phenoxy) is 1. The highest BCUT2D eigenvalue weighted by Crippen LogP contribution is 2.44. The summed E-state index contributed by atoms with van der Waals surface area (Å²) in [6.07, 6.45) is 3.22. The van der Waals surface area contributed by atoms with Crippen molar-refractivity contribution in [3.05, 3.63) is 12.2 Å². The van der Waals surface area contributed by atoms with Crippen molar-refractivity contribution in [1.29, 1.82) is 0 Å². The predicted molar refractivity (Wildman–Crippen MR) is 43.6 cm³/mol. The quantitative estimate of drug-likeness (QED) is 0.417. The van der Waals surface area contributed by atoms with E-state index in [9.17, 15) is 9.59 Å². The Morgan fingerprint density at radius 3 is 2.14 bits per heavy atom. The van der Waals surface area contributed by atoms with Gasteiger partial charge in [-0.2, -0.15) is 5.06 Å². The number of carbonyl (C=O) groups excluding carboxylic acids is 2. The highest BCUT2D eigenvalue weighted by molar-refractivity contribution is 6.05. The minimum Gasteiger partial charge on any atom is -0.365 e. The SMILES string of the molecule is CON1C(=O)[C@@H]2[C@@H](C1=O)[C@H]1C=C[C@H]2O1. The van der Waals surface area contributed by atoms with E-state index in [0.717, 1.165) is 5.06 Å². The highest BCUT2D eigenvalue weighted by atomic mass is 16.7. The summed E-state index contributed by atoms with van der Waals surface area (Å²) in [4.78, 5) is 28.1. The van der Waals surface area contributed by atoms with E-state index in [1.807, 2.05) is 12.2 Å². The monoisotopic (exact) mass is 195 g/mol. The molecule has 74 valence electrons. The molecule has 0 aliphatic carbocycles. The third-order valence-electron chi connectivity index (χ3n) is 3.05. The van der Waals surface area contributed by atoms with Gasteiger partial charge in [-0.1, -0.05) is 12.2 Å². The average molecular weight is 195 g/mol. The third kappa shape index (κ3) is 0.726. The number of rotatable bonds is 1. The number of hydroxylamine groups is 2. The summed E-state index contributed by atoms with van der Waals surface area (Å²) in [5.41, 5.74) is 0. The van der Waals surface area contributed by atoms with Gasteiger partial charge >= 0.3 is 0 Å². The maximum Gasteiger partial charge on any atom is 0.260 e. The largest absolute Gasteiger partial charge is 0.365 e. The molecule has 3 heterocycles. The molecule has 5 heteroatoms. The molecule has 2 fully saturated rings. The van der Waals surface area contributed by atoms with Gasteiger partial charge in [-0.05, 0) is 0 Å². The summed E-state index contributed by atoms with van der Waals surface area (Å²) in [6, 6.07) is 0. The summed E-state index contributed by atoms with van der Waals surface area (Å²) in [5.74, 6) is -1.28. The molecule has 0 radical (unpaired) electrons. The molecule has 0 aromatic heterocycles. The van der Waals surface area contributed by atoms with Crippen molar-refractivity contribution in [2.24, 2.45) is 11.8 Å². The Morgan fingerprint density at radius 2 is 1.71 bits per heavy atom. The minimum absolute atomic E-state index is 0.235. The van der Waals surface area contributed by atoms with Gasteiger partial charge in [0, 0.05) is 0 Å². The van der Waals surface area contributed by atoms with E-state index in [2.05, 4.69) is 0 Å². The molecule has 2 bridgehead atoms. The van der Waals surface area contributed by atoms with Crippen LogP contribution in [0.3, 0.4) is 0 Å². The summed E-state index contributed by atoms with van der Waals surface area (Å²) >= 11 is 0. The van der Waals surface area contributed by atoms with Crippen LogP contribution in [-0.2, 0) is 19.2 Å². The van der Waals surface area contributed by atoms with Gasteiger partial charge in [-0.3, -0.25) is 14.4 Å². The van der Waals surface area contributed by atoms with Gasteiger partial charge in [-0.25, -0.2) is 0 Å². The molecule has 0 unspecified atom stereocenters. The first-order valence-electron chi connectivity index (χ1n) is 4.50. The van der Waals surface area contributed by atoms with Crippen LogP contribution in [0.25, 0.3) is 0 Å². The van der Waals surface area contributed by atoms with Crippen LogP contribution in [0.5, 0.6) is 0 Å². The minimum atomic E-state index is -0.363. The van der Waals surface area contributed by atoms with Gasteiger partial charge in [0.15, 0.2) is 0 Å². The maximum absolute atomic E-state index is 11.7. The van der Waals surface area contributed by atoms with Crippen LogP contribution in [0, 0.1) is 11.8 Å². The molecule has 2 amide bonds. The lowest BCUT2D eigenvalue weighted by molar-refractivity contribution is -0.183. The van der Waals surface area contributed by atoms with Crippen LogP contribution in [0.15, 0.2) is 12.2 Å². The average Bonchev–Trinajstić information content (AvgIpc) is 2.80. The van der Waals surface area contributed by atoms with E-state index in [1.54, 1.807) is 0 Å². The second kappa shape index (κ2) is 2.43. The van der Waals surface area contributed by atoms with E-state index >= 15 is 0 Å². The van der Waals surface area contributed by atoms with E-state index in [0.29, 0.717) is 0 Å². The number of nitrogens with zero attached hydrogens (tertiary/aromatic N) is 1. The van der Waals surface area contributed by atoms with E-state index < -0.39 is 0 Å². The molecule has 3 aliphatic heterocycles. The zero-order chi connectivity index (χ0) is 9.87. The molecule has 2 saturated heterocycles. The zero-order valence-corrected chi connectivity index (χ0v) is 7.54. The molecule has 0 aromatic rings. The molecular formula is C9H9NO4. The van der Waals surface area contributed by atoms with Crippen LogP contribution in [0.4, 0.5) is 0 Å². The summed E-state index contributed by atoms with van der Waals surface area (Å²) in [5, 5.41) is 0.852. The number of carbonyl (C=O) groups is 2. The lowest BCUT2D eigenvalue weighted by Crippen LogP contribution is -2.33. The predicted octanol–water partition coefficient (Wildman–Crippen LogP) is -0.514. The van der Waals surface area contributed by atoms with Crippen molar-refractivity contribution >= 4 is 11.8 Å². The van der Waals surface area contributed by atoms with Gasteiger partial charge in [0.2, 0.25) is 0 Å². The molecule has 0 saturated carbocycles.